The fraction of sp³-hybridized carbons (Fsp3) is 0.318. The van der Waals surface area contributed by atoms with Gasteiger partial charge in [-0.2, -0.15) is 0 Å². The first-order valence-electron chi connectivity index (χ1n) is 9.25. The molecule has 0 unspecified atom stereocenters. The minimum atomic E-state index is 0.137. The second-order valence-corrected chi connectivity index (χ2v) is 6.75. The van der Waals surface area contributed by atoms with Crippen molar-refractivity contribution in [2.75, 3.05) is 20.2 Å². The minimum absolute atomic E-state index is 0.137. The van der Waals surface area contributed by atoms with E-state index in [4.69, 9.17) is 4.74 Å². The van der Waals surface area contributed by atoms with E-state index in [1.807, 2.05) is 25.1 Å². The molecular formula is C22H24N2O2. The molecule has 134 valence electrons. The Morgan fingerprint density at radius 1 is 1.15 bits per heavy atom. The van der Waals surface area contributed by atoms with Gasteiger partial charge in [-0.3, -0.25) is 4.79 Å². The number of benzene rings is 2. The molecule has 26 heavy (non-hydrogen) atoms. The standard InChI is InChI=1S/C22H24N2O2/c1-3-22(25)20-14-18(26-2)5-6-19(20)15-4-7-21-16(12-15)13-17-8-9-23-10-11-24(17)21/h4-7,12-14,23H,3,8-11H2,1-2H3. The highest BCUT2D eigenvalue weighted by molar-refractivity contribution is 6.03. The molecule has 1 aliphatic rings. The topological polar surface area (TPSA) is 43.3 Å². The monoisotopic (exact) mass is 348 g/mol. The summed E-state index contributed by atoms with van der Waals surface area (Å²) in [5.74, 6) is 0.854. The van der Waals surface area contributed by atoms with Crippen molar-refractivity contribution in [3.05, 3.63) is 53.7 Å². The predicted octanol–water partition coefficient (Wildman–Crippen LogP) is 4.06. The summed E-state index contributed by atoms with van der Waals surface area (Å²) in [6.45, 7) is 4.93. The first-order chi connectivity index (χ1) is 12.7. The van der Waals surface area contributed by atoms with Gasteiger partial charge in [-0.1, -0.05) is 13.0 Å². The molecule has 2 heterocycles. The molecule has 0 radical (unpaired) electrons. The van der Waals surface area contributed by atoms with Crippen LogP contribution in [0.1, 0.15) is 29.4 Å². The van der Waals surface area contributed by atoms with Gasteiger partial charge in [0.2, 0.25) is 0 Å². The number of fused-ring (bicyclic) bond motifs is 3. The molecule has 0 saturated carbocycles. The largest absolute Gasteiger partial charge is 0.497 e. The molecule has 2 aromatic carbocycles. The summed E-state index contributed by atoms with van der Waals surface area (Å²) < 4.78 is 7.72. The molecule has 1 N–H and O–H groups in total. The summed E-state index contributed by atoms with van der Waals surface area (Å²) in [5, 5.41) is 4.69. The Labute approximate surface area is 153 Å². The molecule has 0 saturated heterocycles. The summed E-state index contributed by atoms with van der Waals surface area (Å²) in [6.07, 6.45) is 1.53. The van der Waals surface area contributed by atoms with Crippen LogP contribution in [0.2, 0.25) is 0 Å². The molecule has 0 spiro atoms. The molecule has 4 rings (SSSR count). The van der Waals surface area contributed by atoms with Gasteiger partial charge in [0.05, 0.1) is 7.11 Å². The van der Waals surface area contributed by atoms with E-state index in [0.717, 1.165) is 48.5 Å². The lowest BCUT2D eigenvalue weighted by Gasteiger charge is -2.11. The number of aromatic nitrogens is 1. The number of Topliss-reactive ketones (excluding diaryl/α,β-unsaturated/α-hetero) is 1. The number of ether oxygens (including phenoxy) is 1. The zero-order chi connectivity index (χ0) is 18.1. The Hall–Kier alpha value is -2.59. The van der Waals surface area contributed by atoms with Crippen LogP contribution in [0, 0.1) is 0 Å². The summed E-state index contributed by atoms with van der Waals surface area (Å²) >= 11 is 0. The van der Waals surface area contributed by atoms with E-state index in [9.17, 15) is 4.79 Å². The normalized spacial score (nSPS) is 14.1. The number of hydrogen-bond donors (Lipinski definition) is 1. The number of methoxy groups -OCH3 is 1. The Morgan fingerprint density at radius 2 is 2.04 bits per heavy atom. The van der Waals surface area contributed by atoms with Crippen molar-refractivity contribution in [1.82, 2.24) is 9.88 Å². The number of ketones is 1. The average Bonchev–Trinajstić information content (AvgIpc) is 2.86. The van der Waals surface area contributed by atoms with Crippen molar-refractivity contribution >= 4 is 16.7 Å². The van der Waals surface area contributed by atoms with Crippen molar-refractivity contribution in [2.24, 2.45) is 0 Å². The third kappa shape index (κ3) is 2.90. The zero-order valence-corrected chi connectivity index (χ0v) is 15.3. The third-order valence-electron chi connectivity index (χ3n) is 5.22. The van der Waals surface area contributed by atoms with E-state index in [1.165, 1.54) is 16.6 Å². The Balaban J connectivity index is 1.83. The first kappa shape index (κ1) is 16.9. The van der Waals surface area contributed by atoms with E-state index in [-0.39, 0.29) is 5.78 Å². The second-order valence-electron chi connectivity index (χ2n) is 6.75. The predicted molar refractivity (Wildman–Crippen MR) is 105 cm³/mol. The van der Waals surface area contributed by atoms with E-state index in [2.05, 4.69) is 34.1 Å². The molecule has 3 aromatic rings. The van der Waals surface area contributed by atoms with Gasteiger partial charge in [0, 0.05) is 54.6 Å². The Bertz CT molecular complexity index is 972. The van der Waals surface area contributed by atoms with Gasteiger partial charge in [0.15, 0.2) is 5.78 Å². The van der Waals surface area contributed by atoms with Crippen LogP contribution in [0.5, 0.6) is 5.75 Å². The maximum Gasteiger partial charge on any atom is 0.163 e. The zero-order valence-electron chi connectivity index (χ0n) is 15.3. The van der Waals surface area contributed by atoms with Gasteiger partial charge in [0.25, 0.3) is 0 Å². The maximum atomic E-state index is 12.5. The van der Waals surface area contributed by atoms with E-state index < -0.39 is 0 Å². The number of nitrogens with one attached hydrogen (secondary N) is 1. The van der Waals surface area contributed by atoms with Crippen molar-refractivity contribution < 1.29 is 9.53 Å². The quantitative estimate of drug-likeness (QED) is 0.723. The number of nitrogens with zero attached hydrogens (tertiary/aromatic N) is 1. The lowest BCUT2D eigenvalue weighted by atomic mass is 9.95. The summed E-state index contributed by atoms with van der Waals surface area (Å²) in [5.41, 5.74) is 5.43. The van der Waals surface area contributed by atoms with Gasteiger partial charge in [-0.25, -0.2) is 0 Å². The molecule has 4 heteroatoms. The van der Waals surface area contributed by atoms with Crippen molar-refractivity contribution in [1.29, 1.82) is 0 Å². The van der Waals surface area contributed by atoms with Gasteiger partial charge >= 0.3 is 0 Å². The fourth-order valence-corrected chi connectivity index (χ4v) is 3.82. The van der Waals surface area contributed by atoms with Crippen LogP contribution < -0.4 is 10.1 Å². The molecule has 1 aliphatic heterocycles. The third-order valence-corrected chi connectivity index (χ3v) is 5.22. The second kappa shape index (κ2) is 6.96. The molecular weight excluding hydrogens is 324 g/mol. The van der Waals surface area contributed by atoms with Crippen molar-refractivity contribution in [3.63, 3.8) is 0 Å². The molecule has 0 aliphatic carbocycles. The van der Waals surface area contributed by atoms with Gasteiger partial charge in [0.1, 0.15) is 5.75 Å². The highest BCUT2D eigenvalue weighted by atomic mass is 16.5. The van der Waals surface area contributed by atoms with Crippen LogP contribution in [0.3, 0.4) is 0 Å². The molecule has 1 aromatic heterocycles. The van der Waals surface area contributed by atoms with Crippen LogP contribution in [-0.2, 0) is 13.0 Å². The van der Waals surface area contributed by atoms with E-state index in [0.29, 0.717) is 6.42 Å². The Kier molecular flexibility index (Phi) is 4.51. The highest BCUT2D eigenvalue weighted by Gasteiger charge is 2.16. The SMILES string of the molecule is CCC(=O)c1cc(OC)ccc1-c1ccc2c(c1)cc1n2CCNCC1. The van der Waals surface area contributed by atoms with Gasteiger partial charge < -0.3 is 14.6 Å². The Morgan fingerprint density at radius 3 is 2.85 bits per heavy atom. The lowest BCUT2D eigenvalue weighted by Crippen LogP contribution is -2.17. The van der Waals surface area contributed by atoms with Crippen LogP contribution in [-0.4, -0.2) is 30.5 Å². The highest BCUT2D eigenvalue weighted by Crippen LogP contribution is 2.32. The lowest BCUT2D eigenvalue weighted by molar-refractivity contribution is 0.0988. The first-order valence-corrected chi connectivity index (χ1v) is 9.25. The van der Waals surface area contributed by atoms with Crippen molar-refractivity contribution in [2.45, 2.75) is 26.3 Å². The molecule has 0 atom stereocenters. The number of carbonyl (C=O) groups excluding carboxylic acids is 1. The van der Waals surface area contributed by atoms with Crippen LogP contribution >= 0.6 is 0 Å². The van der Waals surface area contributed by atoms with Gasteiger partial charge in [-0.15, -0.1) is 0 Å². The molecule has 4 nitrogen and oxygen atoms in total. The van der Waals surface area contributed by atoms with E-state index in [1.54, 1.807) is 7.11 Å². The number of hydrogen-bond acceptors (Lipinski definition) is 3. The number of rotatable bonds is 4. The summed E-state index contributed by atoms with van der Waals surface area (Å²) in [7, 11) is 1.63. The molecule has 0 fully saturated rings. The van der Waals surface area contributed by atoms with Crippen LogP contribution in [0.25, 0.3) is 22.0 Å². The van der Waals surface area contributed by atoms with E-state index >= 15 is 0 Å². The minimum Gasteiger partial charge on any atom is -0.497 e. The smallest absolute Gasteiger partial charge is 0.163 e. The van der Waals surface area contributed by atoms with Gasteiger partial charge in [-0.05, 0) is 47.5 Å². The molecule has 0 bridgehead atoms. The average molecular weight is 348 g/mol. The summed E-state index contributed by atoms with van der Waals surface area (Å²) in [6, 6.07) is 14.6. The van der Waals surface area contributed by atoms with Crippen LogP contribution in [0.15, 0.2) is 42.5 Å². The fourth-order valence-electron chi connectivity index (χ4n) is 3.82. The summed E-state index contributed by atoms with van der Waals surface area (Å²) in [4.78, 5) is 12.5. The molecule has 0 amide bonds. The van der Waals surface area contributed by atoms with Crippen LogP contribution in [0.4, 0.5) is 0 Å². The maximum absolute atomic E-state index is 12.5. The van der Waals surface area contributed by atoms with Crippen molar-refractivity contribution in [3.8, 4) is 16.9 Å². The number of carbonyl (C=O) groups is 1.